The highest BCUT2D eigenvalue weighted by Gasteiger charge is 2.39. The van der Waals surface area contributed by atoms with E-state index in [1.165, 1.54) is 12.1 Å². The number of nitro groups is 1. The van der Waals surface area contributed by atoms with Crippen molar-refractivity contribution in [3.05, 3.63) is 62.5 Å². The van der Waals surface area contributed by atoms with Crippen molar-refractivity contribution in [3.63, 3.8) is 0 Å². The summed E-state index contributed by atoms with van der Waals surface area (Å²) >= 11 is 0. The molecule has 1 aromatic carbocycles. The average Bonchev–Trinajstić information content (AvgIpc) is 2.61. The number of dihydropyridines is 1. The topological polar surface area (TPSA) is 98.5 Å². The van der Waals surface area contributed by atoms with E-state index in [-0.39, 0.29) is 18.1 Å². The second kappa shape index (κ2) is 7.11. The van der Waals surface area contributed by atoms with Crippen molar-refractivity contribution in [3.8, 4) is 0 Å². The Balaban J connectivity index is 2.13. The highest BCUT2D eigenvalue weighted by Crippen LogP contribution is 2.42. The van der Waals surface area contributed by atoms with Crippen LogP contribution in [-0.2, 0) is 14.3 Å². The van der Waals surface area contributed by atoms with Gasteiger partial charge in [0.2, 0.25) is 0 Å². The molecule has 1 heterocycles. The summed E-state index contributed by atoms with van der Waals surface area (Å²) in [7, 11) is 0. The number of ketones is 1. The van der Waals surface area contributed by atoms with E-state index in [1.54, 1.807) is 26.0 Å². The molecule has 1 unspecified atom stereocenters. The molecule has 7 heteroatoms. The fourth-order valence-corrected chi connectivity index (χ4v) is 3.58. The van der Waals surface area contributed by atoms with E-state index in [1.807, 2.05) is 0 Å². The first-order valence-electron chi connectivity index (χ1n) is 8.59. The van der Waals surface area contributed by atoms with Crippen molar-refractivity contribution >= 4 is 17.4 Å². The van der Waals surface area contributed by atoms with Crippen molar-refractivity contribution in [1.29, 1.82) is 0 Å². The molecule has 0 aromatic heterocycles. The van der Waals surface area contributed by atoms with E-state index in [2.05, 4.69) is 5.32 Å². The van der Waals surface area contributed by atoms with Gasteiger partial charge in [0, 0.05) is 41.4 Å². The van der Waals surface area contributed by atoms with E-state index in [9.17, 15) is 19.7 Å². The SMILES string of the molecule is CCOC(=O)C1=C(C)NC2=C(C(=O)CCC2)C1c1ccc([N+](=O)[O-])cc1. The van der Waals surface area contributed by atoms with E-state index < -0.39 is 16.8 Å². The molecule has 7 nitrogen and oxygen atoms in total. The number of Topliss-reactive ketones (excluding diaryl/α,β-unsaturated/α-hetero) is 1. The van der Waals surface area contributed by atoms with Gasteiger partial charge in [-0.15, -0.1) is 0 Å². The summed E-state index contributed by atoms with van der Waals surface area (Å²) in [5.41, 5.74) is 3.07. The summed E-state index contributed by atoms with van der Waals surface area (Å²) in [5.74, 6) is -1.05. The van der Waals surface area contributed by atoms with Crippen molar-refractivity contribution in [2.45, 2.75) is 39.0 Å². The van der Waals surface area contributed by atoms with Gasteiger partial charge < -0.3 is 10.1 Å². The number of esters is 1. The Bertz CT molecular complexity index is 836. The number of nitrogens with zero attached hydrogens (tertiary/aromatic N) is 1. The van der Waals surface area contributed by atoms with Gasteiger partial charge in [-0.1, -0.05) is 12.1 Å². The van der Waals surface area contributed by atoms with Crippen molar-refractivity contribution in [2.75, 3.05) is 6.61 Å². The summed E-state index contributed by atoms with van der Waals surface area (Å²) in [5, 5.41) is 14.1. The third-order valence-electron chi connectivity index (χ3n) is 4.71. The van der Waals surface area contributed by atoms with Gasteiger partial charge in [0.1, 0.15) is 0 Å². The number of nitro benzene ring substituents is 1. The number of carbonyl (C=O) groups excluding carboxylic acids is 2. The first kappa shape index (κ1) is 17.8. The second-order valence-corrected chi connectivity index (χ2v) is 6.33. The van der Waals surface area contributed by atoms with Crippen LogP contribution >= 0.6 is 0 Å². The molecule has 1 aliphatic heterocycles. The summed E-state index contributed by atoms with van der Waals surface area (Å²) < 4.78 is 5.20. The van der Waals surface area contributed by atoms with E-state index in [0.29, 0.717) is 28.8 Å². The first-order valence-corrected chi connectivity index (χ1v) is 8.59. The Kier molecular flexibility index (Phi) is 4.88. The average molecular weight is 356 g/mol. The molecule has 1 aliphatic carbocycles. The predicted molar refractivity (Wildman–Crippen MR) is 94.2 cm³/mol. The molecule has 0 saturated heterocycles. The first-order chi connectivity index (χ1) is 12.4. The molecule has 3 rings (SSSR count). The zero-order chi connectivity index (χ0) is 18.8. The number of nitrogens with one attached hydrogen (secondary N) is 1. The van der Waals surface area contributed by atoms with Gasteiger partial charge in [-0.25, -0.2) is 4.79 Å². The molecule has 1 atom stereocenters. The smallest absolute Gasteiger partial charge is 0.336 e. The maximum absolute atomic E-state index is 12.6. The number of rotatable bonds is 4. The lowest BCUT2D eigenvalue weighted by atomic mass is 9.75. The zero-order valence-corrected chi connectivity index (χ0v) is 14.7. The largest absolute Gasteiger partial charge is 0.463 e. The molecule has 0 bridgehead atoms. The van der Waals surface area contributed by atoms with Crippen molar-refractivity contribution < 1.29 is 19.2 Å². The van der Waals surface area contributed by atoms with Crippen LogP contribution in [-0.4, -0.2) is 23.3 Å². The fraction of sp³-hybridized carbons (Fsp3) is 0.368. The summed E-state index contributed by atoms with van der Waals surface area (Å²) in [6.45, 7) is 3.73. The lowest BCUT2D eigenvalue weighted by molar-refractivity contribution is -0.384. The highest BCUT2D eigenvalue weighted by molar-refractivity contribution is 6.03. The van der Waals surface area contributed by atoms with E-state index in [4.69, 9.17) is 4.74 Å². The number of ether oxygens (including phenoxy) is 1. The monoisotopic (exact) mass is 356 g/mol. The summed E-state index contributed by atoms with van der Waals surface area (Å²) in [6, 6.07) is 5.99. The number of hydrogen-bond donors (Lipinski definition) is 1. The van der Waals surface area contributed by atoms with Crippen molar-refractivity contribution in [2.24, 2.45) is 0 Å². The minimum absolute atomic E-state index is 0.00333. The number of benzene rings is 1. The molecule has 136 valence electrons. The Morgan fingerprint density at radius 1 is 1.31 bits per heavy atom. The van der Waals surface area contributed by atoms with Gasteiger partial charge in [0.05, 0.1) is 17.1 Å². The standard InChI is InChI=1S/C19H20N2O5/c1-3-26-19(23)16-11(2)20-14-5-4-6-15(22)18(14)17(16)12-7-9-13(10-8-12)21(24)25/h7-10,17,20H,3-6H2,1-2H3. The predicted octanol–water partition coefficient (Wildman–Crippen LogP) is 3.13. The number of allylic oxidation sites excluding steroid dienone is 3. The maximum atomic E-state index is 12.6. The van der Waals surface area contributed by atoms with Crippen molar-refractivity contribution in [1.82, 2.24) is 5.32 Å². The molecule has 0 spiro atoms. The minimum atomic E-state index is -0.570. The van der Waals surface area contributed by atoms with Crippen LogP contribution in [0.3, 0.4) is 0 Å². The molecule has 0 amide bonds. The lowest BCUT2D eigenvalue weighted by Gasteiger charge is -2.34. The molecular formula is C19H20N2O5. The van der Waals surface area contributed by atoms with Gasteiger partial charge in [0.25, 0.3) is 5.69 Å². The van der Waals surface area contributed by atoms with Crippen LogP contribution in [0.2, 0.25) is 0 Å². The summed E-state index contributed by atoms with van der Waals surface area (Å²) in [6.07, 6.45) is 1.93. The van der Waals surface area contributed by atoms with Crippen LogP contribution in [0, 0.1) is 10.1 Å². The zero-order valence-electron chi connectivity index (χ0n) is 14.7. The number of carbonyl (C=O) groups is 2. The lowest BCUT2D eigenvalue weighted by Crippen LogP contribution is -2.34. The van der Waals surface area contributed by atoms with Gasteiger partial charge in [-0.3, -0.25) is 14.9 Å². The minimum Gasteiger partial charge on any atom is -0.463 e. The molecule has 0 fully saturated rings. The molecule has 1 aromatic rings. The van der Waals surface area contributed by atoms with Gasteiger partial charge >= 0.3 is 5.97 Å². The molecule has 0 saturated carbocycles. The molecule has 26 heavy (non-hydrogen) atoms. The molecule has 1 N–H and O–H groups in total. The van der Waals surface area contributed by atoms with Gasteiger partial charge in [0.15, 0.2) is 5.78 Å². The van der Waals surface area contributed by atoms with Gasteiger partial charge in [-0.2, -0.15) is 0 Å². The van der Waals surface area contributed by atoms with Crippen LogP contribution in [0.25, 0.3) is 0 Å². The molecular weight excluding hydrogens is 336 g/mol. The Morgan fingerprint density at radius 3 is 2.62 bits per heavy atom. The summed E-state index contributed by atoms with van der Waals surface area (Å²) in [4.78, 5) is 35.7. The Labute approximate surface area is 150 Å². The third-order valence-corrected chi connectivity index (χ3v) is 4.71. The normalized spacial score (nSPS) is 19.8. The Morgan fingerprint density at radius 2 is 2.00 bits per heavy atom. The van der Waals surface area contributed by atoms with Gasteiger partial charge in [-0.05, 0) is 32.3 Å². The highest BCUT2D eigenvalue weighted by atomic mass is 16.6. The molecule has 2 aliphatic rings. The molecule has 0 radical (unpaired) electrons. The van der Waals surface area contributed by atoms with Crippen LogP contribution in [0.5, 0.6) is 0 Å². The van der Waals surface area contributed by atoms with Crippen LogP contribution in [0.4, 0.5) is 5.69 Å². The van der Waals surface area contributed by atoms with Crippen LogP contribution < -0.4 is 5.32 Å². The van der Waals surface area contributed by atoms with Crippen LogP contribution in [0.15, 0.2) is 46.8 Å². The number of non-ortho nitro benzene ring substituents is 1. The fourth-order valence-electron chi connectivity index (χ4n) is 3.58. The van der Waals surface area contributed by atoms with E-state index in [0.717, 1.165) is 18.5 Å². The number of hydrogen-bond acceptors (Lipinski definition) is 6. The third kappa shape index (κ3) is 3.12. The van der Waals surface area contributed by atoms with E-state index >= 15 is 0 Å². The van der Waals surface area contributed by atoms with Crippen LogP contribution in [0.1, 0.15) is 44.6 Å². The maximum Gasteiger partial charge on any atom is 0.336 e. The Hall–Kier alpha value is -2.96. The quantitative estimate of drug-likeness (QED) is 0.505. The second-order valence-electron chi connectivity index (χ2n) is 6.33.